The predicted molar refractivity (Wildman–Crippen MR) is 97.2 cm³/mol. The van der Waals surface area contributed by atoms with Crippen molar-refractivity contribution < 1.29 is 4.42 Å². The number of nitrogens with zero attached hydrogens (tertiary/aromatic N) is 2. The van der Waals surface area contributed by atoms with Crippen molar-refractivity contribution in [2.75, 3.05) is 0 Å². The van der Waals surface area contributed by atoms with Crippen molar-refractivity contribution in [3.63, 3.8) is 0 Å². The van der Waals surface area contributed by atoms with Crippen LogP contribution in [0.1, 0.15) is 22.3 Å². The molecule has 2 heterocycles. The third-order valence-electron chi connectivity index (χ3n) is 4.55. The van der Waals surface area contributed by atoms with Gasteiger partial charge in [0.15, 0.2) is 11.6 Å². The molecule has 3 heteroatoms. The number of benzene rings is 2. The van der Waals surface area contributed by atoms with Gasteiger partial charge in [-0.2, -0.15) is 0 Å². The van der Waals surface area contributed by atoms with E-state index in [-0.39, 0.29) is 0 Å². The van der Waals surface area contributed by atoms with Gasteiger partial charge in [-0.05, 0) is 61.7 Å². The van der Waals surface area contributed by atoms with E-state index in [1.807, 2.05) is 24.3 Å². The van der Waals surface area contributed by atoms with E-state index < -0.39 is 0 Å². The number of furan rings is 1. The molecular weight excluding hydrogens is 296 g/mol. The Morgan fingerprint density at radius 3 is 2.42 bits per heavy atom. The van der Waals surface area contributed by atoms with Crippen molar-refractivity contribution in [1.82, 2.24) is 9.55 Å². The molecule has 0 N–H and O–H groups in total. The van der Waals surface area contributed by atoms with Crippen molar-refractivity contribution in [2.45, 2.75) is 27.3 Å². The van der Waals surface area contributed by atoms with Gasteiger partial charge in [-0.15, -0.1) is 0 Å². The third-order valence-corrected chi connectivity index (χ3v) is 4.55. The average molecular weight is 316 g/mol. The van der Waals surface area contributed by atoms with Crippen LogP contribution >= 0.6 is 0 Å². The Kier molecular flexibility index (Phi) is 3.49. The van der Waals surface area contributed by atoms with Gasteiger partial charge in [-0.25, -0.2) is 4.98 Å². The maximum atomic E-state index is 5.62. The maximum Gasteiger partial charge on any atom is 0.177 e. The van der Waals surface area contributed by atoms with E-state index in [9.17, 15) is 0 Å². The van der Waals surface area contributed by atoms with E-state index in [0.717, 1.165) is 29.2 Å². The standard InChI is InChI=1S/C21H20N2O/c1-14-11-15(2)17(16(3)12-14)13-23-19-8-5-4-7-18(19)22-21(23)20-9-6-10-24-20/h4-12H,13H2,1-3H3. The Morgan fingerprint density at radius 1 is 0.958 bits per heavy atom. The third kappa shape index (κ3) is 2.42. The Labute approximate surface area is 141 Å². The number of hydrogen-bond acceptors (Lipinski definition) is 2. The second-order valence-electron chi connectivity index (χ2n) is 6.36. The first-order chi connectivity index (χ1) is 11.6. The average Bonchev–Trinajstić information content (AvgIpc) is 3.18. The normalized spacial score (nSPS) is 11.3. The Hall–Kier alpha value is -2.81. The zero-order chi connectivity index (χ0) is 16.7. The topological polar surface area (TPSA) is 31.0 Å². The van der Waals surface area contributed by atoms with Crippen LogP contribution in [0.2, 0.25) is 0 Å². The van der Waals surface area contributed by atoms with Crippen LogP contribution in [-0.4, -0.2) is 9.55 Å². The summed E-state index contributed by atoms with van der Waals surface area (Å²) < 4.78 is 7.87. The lowest BCUT2D eigenvalue weighted by Crippen LogP contribution is -2.05. The number of aryl methyl sites for hydroxylation is 3. The van der Waals surface area contributed by atoms with E-state index in [1.165, 1.54) is 22.3 Å². The summed E-state index contributed by atoms with van der Waals surface area (Å²) in [4.78, 5) is 4.80. The molecule has 4 rings (SSSR count). The number of hydrogen-bond donors (Lipinski definition) is 0. The Balaban J connectivity index is 1.92. The summed E-state index contributed by atoms with van der Waals surface area (Å²) in [5, 5.41) is 0. The van der Waals surface area contributed by atoms with E-state index >= 15 is 0 Å². The fourth-order valence-corrected chi connectivity index (χ4v) is 3.45. The summed E-state index contributed by atoms with van der Waals surface area (Å²) in [5.74, 6) is 1.68. The zero-order valence-corrected chi connectivity index (χ0v) is 14.2. The van der Waals surface area contributed by atoms with Crippen molar-refractivity contribution in [3.05, 3.63) is 77.0 Å². The largest absolute Gasteiger partial charge is 0.461 e. The van der Waals surface area contributed by atoms with Crippen molar-refractivity contribution >= 4 is 11.0 Å². The molecule has 4 aromatic rings. The van der Waals surface area contributed by atoms with Gasteiger partial charge in [-0.3, -0.25) is 0 Å². The SMILES string of the molecule is Cc1cc(C)c(Cn2c(-c3ccco3)nc3ccccc32)c(C)c1. The molecule has 0 saturated heterocycles. The van der Waals surface area contributed by atoms with Crippen LogP contribution in [0, 0.1) is 20.8 Å². The molecule has 0 radical (unpaired) electrons. The molecule has 24 heavy (non-hydrogen) atoms. The van der Waals surface area contributed by atoms with Gasteiger partial charge >= 0.3 is 0 Å². The Morgan fingerprint density at radius 2 is 1.71 bits per heavy atom. The predicted octanol–water partition coefficient (Wildman–Crippen LogP) is 5.27. The first-order valence-electron chi connectivity index (χ1n) is 8.19. The lowest BCUT2D eigenvalue weighted by Gasteiger charge is -2.14. The van der Waals surface area contributed by atoms with Gasteiger partial charge in [0, 0.05) is 0 Å². The molecule has 0 atom stereocenters. The molecule has 3 nitrogen and oxygen atoms in total. The van der Waals surface area contributed by atoms with Gasteiger partial charge in [0.25, 0.3) is 0 Å². The highest BCUT2D eigenvalue weighted by Gasteiger charge is 2.16. The quantitative estimate of drug-likeness (QED) is 0.515. The summed E-state index contributed by atoms with van der Waals surface area (Å²) in [5.41, 5.74) is 7.40. The molecule has 0 amide bonds. The van der Waals surface area contributed by atoms with Gasteiger partial charge < -0.3 is 8.98 Å². The van der Waals surface area contributed by atoms with Crippen LogP contribution in [0.5, 0.6) is 0 Å². The summed E-state index contributed by atoms with van der Waals surface area (Å²) in [6, 6.07) is 16.6. The second-order valence-corrected chi connectivity index (χ2v) is 6.36. The van der Waals surface area contributed by atoms with Crippen LogP contribution in [0.4, 0.5) is 0 Å². The van der Waals surface area contributed by atoms with Crippen LogP contribution in [0.3, 0.4) is 0 Å². The van der Waals surface area contributed by atoms with Crippen LogP contribution < -0.4 is 0 Å². The van der Waals surface area contributed by atoms with Gasteiger partial charge in [-0.1, -0.05) is 29.8 Å². The lowest BCUT2D eigenvalue weighted by atomic mass is 9.99. The van der Waals surface area contributed by atoms with E-state index in [0.29, 0.717) is 0 Å². The van der Waals surface area contributed by atoms with Gasteiger partial charge in [0.05, 0.1) is 23.8 Å². The molecule has 2 aromatic carbocycles. The molecule has 0 unspecified atom stereocenters. The number of rotatable bonds is 3. The van der Waals surface area contributed by atoms with Crippen LogP contribution in [0.25, 0.3) is 22.6 Å². The number of fused-ring (bicyclic) bond motifs is 1. The minimum absolute atomic E-state index is 0.786. The molecular formula is C21H20N2O. The molecule has 120 valence electrons. The molecule has 0 saturated carbocycles. The molecule has 0 aliphatic rings. The summed E-state index contributed by atoms with van der Waals surface area (Å²) in [6.07, 6.45) is 1.70. The summed E-state index contributed by atoms with van der Waals surface area (Å²) >= 11 is 0. The second kappa shape index (κ2) is 5.68. The lowest BCUT2D eigenvalue weighted by molar-refractivity contribution is 0.572. The van der Waals surface area contributed by atoms with Crippen LogP contribution in [0.15, 0.2) is 59.2 Å². The molecule has 2 aromatic heterocycles. The number of para-hydroxylation sites is 2. The molecule has 0 bridgehead atoms. The summed E-state index contributed by atoms with van der Waals surface area (Å²) in [6.45, 7) is 7.29. The minimum atomic E-state index is 0.786. The van der Waals surface area contributed by atoms with Crippen molar-refractivity contribution in [3.8, 4) is 11.6 Å². The summed E-state index contributed by atoms with van der Waals surface area (Å²) in [7, 11) is 0. The fraction of sp³-hybridized carbons (Fsp3) is 0.190. The minimum Gasteiger partial charge on any atom is -0.461 e. The van der Waals surface area contributed by atoms with E-state index in [1.54, 1.807) is 6.26 Å². The highest BCUT2D eigenvalue weighted by Crippen LogP contribution is 2.28. The number of imidazole rings is 1. The first kappa shape index (κ1) is 14.8. The molecule has 0 aliphatic heterocycles. The van der Waals surface area contributed by atoms with Crippen LogP contribution in [-0.2, 0) is 6.54 Å². The fourth-order valence-electron chi connectivity index (χ4n) is 3.45. The smallest absolute Gasteiger partial charge is 0.177 e. The van der Waals surface area contributed by atoms with Crippen molar-refractivity contribution in [1.29, 1.82) is 0 Å². The van der Waals surface area contributed by atoms with Crippen molar-refractivity contribution in [2.24, 2.45) is 0 Å². The Bertz CT molecular complexity index is 987. The number of aromatic nitrogens is 2. The van der Waals surface area contributed by atoms with Gasteiger partial charge in [0.2, 0.25) is 0 Å². The highest BCUT2D eigenvalue weighted by atomic mass is 16.3. The molecule has 0 spiro atoms. The monoisotopic (exact) mass is 316 g/mol. The molecule has 0 fully saturated rings. The highest BCUT2D eigenvalue weighted by molar-refractivity contribution is 5.80. The van der Waals surface area contributed by atoms with E-state index in [2.05, 4.69) is 49.6 Å². The van der Waals surface area contributed by atoms with E-state index in [4.69, 9.17) is 9.40 Å². The first-order valence-corrected chi connectivity index (χ1v) is 8.19. The molecule has 0 aliphatic carbocycles. The van der Waals surface area contributed by atoms with Gasteiger partial charge in [0.1, 0.15) is 0 Å². The zero-order valence-electron chi connectivity index (χ0n) is 14.2. The maximum absolute atomic E-state index is 5.62.